The lowest BCUT2D eigenvalue weighted by molar-refractivity contribution is -0.120. The highest BCUT2D eigenvalue weighted by atomic mass is 16.6. The number of carbonyl (C=O) groups is 2. The highest BCUT2D eigenvalue weighted by molar-refractivity contribution is 5.96. The van der Waals surface area contributed by atoms with Gasteiger partial charge in [0.25, 0.3) is 5.56 Å². The lowest BCUT2D eigenvalue weighted by Crippen LogP contribution is -2.52. The number of amides is 2. The lowest BCUT2D eigenvalue weighted by atomic mass is 10.2. The molecule has 0 unspecified atom stereocenters. The topological polar surface area (TPSA) is 134 Å². The van der Waals surface area contributed by atoms with Crippen LogP contribution in [0.3, 0.4) is 0 Å². The molecule has 11 nitrogen and oxygen atoms in total. The lowest BCUT2D eigenvalue weighted by Gasteiger charge is -2.35. The van der Waals surface area contributed by atoms with E-state index >= 15 is 0 Å². The summed E-state index contributed by atoms with van der Waals surface area (Å²) in [6.45, 7) is 10.9. The van der Waals surface area contributed by atoms with Crippen LogP contribution in [0.1, 0.15) is 47.0 Å². The largest absolute Gasteiger partial charge is 0.449 e. The van der Waals surface area contributed by atoms with Crippen LogP contribution in [0.25, 0.3) is 0 Å². The minimum atomic E-state index is -0.660. The summed E-state index contributed by atoms with van der Waals surface area (Å²) in [6, 6.07) is 0. The summed E-state index contributed by atoms with van der Waals surface area (Å²) in [6.07, 6.45) is 1.83. The fraction of sp³-hybridized carbons (Fsp3) is 0.727. The molecule has 0 radical (unpaired) electrons. The van der Waals surface area contributed by atoms with Crippen LogP contribution in [0.4, 0.5) is 16.3 Å². The maximum Gasteiger partial charge on any atom is 0.409 e. The molecule has 1 aliphatic heterocycles. The number of hydrogen-bond donors (Lipinski definition) is 2. The number of nitrogen functional groups attached to an aromatic ring is 1. The molecular formula is C22H38N6O5. The van der Waals surface area contributed by atoms with Crippen molar-refractivity contribution in [2.24, 2.45) is 5.92 Å². The van der Waals surface area contributed by atoms with E-state index in [-0.39, 0.29) is 36.0 Å². The van der Waals surface area contributed by atoms with Crippen LogP contribution < -0.4 is 21.9 Å². The first-order valence-corrected chi connectivity index (χ1v) is 11.8. The monoisotopic (exact) mass is 466 g/mol. The Bertz CT molecular complexity index is 917. The zero-order valence-corrected chi connectivity index (χ0v) is 20.3. The van der Waals surface area contributed by atoms with Gasteiger partial charge in [0, 0.05) is 39.3 Å². The summed E-state index contributed by atoms with van der Waals surface area (Å²) in [5, 5.41) is 0. The zero-order valence-electron chi connectivity index (χ0n) is 20.3. The van der Waals surface area contributed by atoms with Crippen molar-refractivity contribution in [2.75, 3.05) is 56.5 Å². The van der Waals surface area contributed by atoms with Crippen LogP contribution in [0.15, 0.2) is 9.59 Å². The van der Waals surface area contributed by atoms with Crippen molar-refractivity contribution >= 4 is 23.5 Å². The number of hydrogen-bond acceptors (Lipinski definition) is 7. The maximum absolute atomic E-state index is 13.3. The van der Waals surface area contributed by atoms with Gasteiger partial charge in [0.15, 0.2) is 5.69 Å². The van der Waals surface area contributed by atoms with E-state index in [4.69, 9.17) is 10.5 Å². The molecule has 1 aromatic heterocycles. The molecule has 0 saturated carbocycles. The summed E-state index contributed by atoms with van der Waals surface area (Å²) in [5.74, 6) is 0.00943. The Morgan fingerprint density at radius 2 is 1.79 bits per heavy atom. The Morgan fingerprint density at radius 3 is 2.36 bits per heavy atom. The van der Waals surface area contributed by atoms with E-state index < -0.39 is 11.2 Å². The van der Waals surface area contributed by atoms with E-state index in [1.165, 1.54) is 9.47 Å². The third-order valence-corrected chi connectivity index (χ3v) is 5.50. The van der Waals surface area contributed by atoms with Crippen molar-refractivity contribution in [3.05, 3.63) is 20.8 Å². The van der Waals surface area contributed by atoms with Gasteiger partial charge in [-0.25, -0.2) is 9.59 Å². The average Bonchev–Trinajstić information content (AvgIpc) is 2.77. The van der Waals surface area contributed by atoms with Crippen LogP contribution in [0.2, 0.25) is 0 Å². The molecule has 2 amide bonds. The van der Waals surface area contributed by atoms with E-state index in [0.717, 1.165) is 6.42 Å². The first kappa shape index (κ1) is 26.4. The van der Waals surface area contributed by atoms with Crippen molar-refractivity contribution in [3.8, 4) is 0 Å². The van der Waals surface area contributed by atoms with E-state index in [1.807, 2.05) is 32.6 Å². The van der Waals surface area contributed by atoms with Crippen LogP contribution in [-0.2, 0) is 16.1 Å². The van der Waals surface area contributed by atoms with E-state index in [9.17, 15) is 19.2 Å². The van der Waals surface area contributed by atoms with Gasteiger partial charge in [0.1, 0.15) is 5.82 Å². The van der Waals surface area contributed by atoms with Gasteiger partial charge in [-0.1, -0.05) is 34.1 Å². The molecule has 2 rings (SSSR count). The van der Waals surface area contributed by atoms with Crippen molar-refractivity contribution in [3.63, 3.8) is 0 Å². The smallest absolute Gasteiger partial charge is 0.409 e. The second-order valence-electron chi connectivity index (χ2n) is 8.78. The van der Waals surface area contributed by atoms with Crippen LogP contribution in [-0.4, -0.2) is 77.2 Å². The summed E-state index contributed by atoms with van der Waals surface area (Å²) in [5.41, 5.74) is 4.98. The highest BCUT2D eigenvalue weighted by Gasteiger charge is 2.28. The van der Waals surface area contributed by atoms with Gasteiger partial charge in [-0.05, 0) is 18.8 Å². The number of unbranched alkanes of at least 4 members (excludes halogenated alkanes) is 1. The third-order valence-electron chi connectivity index (χ3n) is 5.50. The molecule has 0 atom stereocenters. The molecule has 0 aromatic carbocycles. The van der Waals surface area contributed by atoms with Gasteiger partial charge in [-0.2, -0.15) is 0 Å². The summed E-state index contributed by atoms with van der Waals surface area (Å²) in [4.78, 5) is 57.5. The van der Waals surface area contributed by atoms with E-state index in [1.54, 1.807) is 4.90 Å². The van der Waals surface area contributed by atoms with Gasteiger partial charge in [0.2, 0.25) is 5.91 Å². The Kier molecular flexibility index (Phi) is 9.95. The first-order valence-electron chi connectivity index (χ1n) is 11.8. The number of aromatic nitrogens is 2. The molecule has 186 valence electrons. The van der Waals surface area contributed by atoms with Gasteiger partial charge < -0.3 is 20.3 Å². The first-order chi connectivity index (χ1) is 15.7. The SMILES string of the molecule is CCCCN(C(=O)CN1CCN(C(=O)OCC(C)C)CC1)c1c(N)n(CCC)c(=O)[nH]c1=O. The predicted octanol–water partition coefficient (Wildman–Crippen LogP) is 1.07. The number of carbonyl (C=O) groups excluding carboxylic acids is 2. The number of piperazine rings is 1. The molecule has 33 heavy (non-hydrogen) atoms. The zero-order chi connectivity index (χ0) is 24.5. The molecule has 3 N–H and O–H groups in total. The molecule has 1 fully saturated rings. The number of aromatic amines is 1. The normalized spacial score (nSPS) is 14.5. The van der Waals surface area contributed by atoms with Crippen molar-refractivity contribution in [2.45, 2.75) is 53.5 Å². The number of nitrogens with two attached hydrogens (primary N) is 1. The number of anilines is 2. The quantitative estimate of drug-likeness (QED) is 0.527. The fourth-order valence-corrected chi connectivity index (χ4v) is 3.66. The summed E-state index contributed by atoms with van der Waals surface area (Å²) < 4.78 is 6.58. The second kappa shape index (κ2) is 12.4. The number of nitrogens with one attached hydrogen (secondary N) is 1. The fourth-order valence-electron chi connectivity index (χ4n) is 3.66. The molecule has 2 heterocycles. The molecule has 1 saturated heterocycles. The van der Waals surface area contributed by atoms with Crippen LogP contribution >= 0.6 is 0 Å². The Morgan fingerprint density at radius 1 is 1.12 bits per heavy atom. The molecule has 0 aliphatic carbocycles. The van der Waals surface area contributed by atoms with Gasteiger partial charge in [-0.15, -0.1) is 0 Å². The summed E-state index contributed by atoms with van der Waals surface area (Å²) >= 11 is 0. The molecular weight excluding hydrogens is 428 g/mol. The van der Waals surface area contributed by atoms with Crippen molar-refractivity contribution < 1.29 is 14.3 Å². The van der Waals surface area contributed by atoms with E-state index in [0.29, 0.717) is 58.7 Å². The molecule has 0 spiro atoms. The average molecular weight is 467 g/mol. The van der Waals surface area contributed by atoms with Gasteiger partial charge in [0.05, 0.1) is 13.2 Å². The third kappa shape index (κ3) is 7.08. The summed E-state index contributed by atoms with van der Waals surface area (Å²) in [7, 11) is 0. The molecule has 11 heteroatoms. The molecule has 1 aromatic rings. The number of H-pyrrole nitrogens is 1. The standard InChI is InChI=1S/C22H38N6O5/c1-5-7-9-27(18-19(23)28(8-6-2)21(31)24-20(18)30)17(29)14-25-10-12-26(13-11-25)22(32)33-15-16(3)4/h16H,5-15,23H2,1-4H3,(H,24,30,31). The van der Waals surface area contributed by atoms with Crippen molar-refractivity contribution in [1.82, 2.24) is 19.4 Å². The molecule has 0 bridgehead atoms. The van der Waals surface area contributed by atoms with Crippen molar-refractivity contribution in [1.29, 1.82) is 0 Å². The van der Waals surface area contributed by atoms with E-state index in [2.05, 4.69) is 4.98 Å². The maximum atomic E-state index is 13.3. The Hall–Kier alpha value is -2.82. The molecule has 1 aliphatic rings. The highest BCUT2D eigenvalue weighted by Crippen LogP contribution is 2.18. The number of nitrogens with zero attached hydrogens (tertiary/aromatic N) is 4. The van der Waals surface area contributed by atoms with Gasteiger partial charge in [-0.3, -0.25) is 24.0 Å². The number of ether oxygens (including phenoxy) is 1. The minimum absolute atomic E-state index is 0.00719. The Balaban J connectivity index is 2.12. The van der Waals surface area contributed by atoms with Crippen LogP contribution in [0.5, 0.6) is 0 Å². The number of rotatable bonds is 10. The second-order valence-corrected chi connectivity index (χ2v) is 8.78. The predicted molar refractivity (Wildman–Crippen MR) is 127 cm³/mol. The Labute approximate surface area is 194 Å². The minimum Gasteiger partial charge on any atom is -0.449 e. The van der Waals surface area contributed by atoms with Gasteiger partial charge >= 0.3 is 11.8 Å². The van der Waals surface area contributed by atoms with Crippen LogP contribution in [0, 0.1) is 5.92 Å².